The topological polar surface area (TPSA) is 87.6 Å². The Kier molecular flexibility index (Phi) is 3.82. The molecule has 3 heterocycles. The molecule has 6 rings (SSSR count). The number of aliphatic hydroxyl groups is 1. The highest BCUT2D eigenvalue weighted by Crippen LogP contribution is 2.47. The zero-order valence-electron chi connectivity index (χ0n) is 17.9. The van der Waals surface area contributed by atoms with Crippen molar-refractivity contribution >= 4 is 12.0 Å². The van der Waals surface area contributed by atoms with Gasteiger partial charge in [-0.25, -0.2) is 14.8 Å². The standard InChI is InChI=1S/C23H24F2N4O3/c1-12-21(2,31)10-29(12)19-26-17(15-6-8-23(24,25)18(15)27-19)14-3-4-16-13(9-14)5-7-22(16)11-32-20(30)28-22/h3-4,9,12,31H,5-8,10-11H2,1-2H3,(H,28,30)/t12-,21+,22?/m0/s1. The van der Waals surface area contributed by atoms with Crippen LogP contribution in [0.1, 0.15) is 49.1 Å². The van der Waals surface area contributed by atoms with Crippen LogP contribution in [0.15, 0.2) is 18.2 Å². The van der Waals surface area contributed by atoms with Crippen molar-refractivity contribution in [2.45, 2.75) is 62.6 Å². The van der Waals surface area contributed by atoms with Crippen LogP contribution in [0.4, 0.5) is 19.5 Å². The van der Waals surface area contributed by atoms with E-state index in [1.165, 1.54) is 0 Å². The van der Waals surface area contributed by atoms with Gasteiger partial charge in [0, 0.05) is 17.5 Å². The van der Waals surface area contributed by atoms with E-state index in [4.69, 9.17) is 9.72 Å². The van der Waals surface area contributed by atoms with Gasteiger partial charge in [-0.05, 0) is 50.3 Å². The predicted octanol–water partition coefficient (Wildman–Crippen LogP) is 3.02. The number of halogens is 2. The molecule has 7 nitrogen and oxygen atoms in total. The first-order valence-electron chi connectivity index (χ1n) is 11.0. The molecule has 2 N–H and O–H groups in total. The lowest BCUT2D eigenvalue weighted by Gasteiger charge is -2.51. The Balaban J connectivity index is 1.45. The first-order valence-corrected chi connectivity index (χ1v) is 11.0. The number of cyclic esters (lactones) is 1. The van der Waals surface area contributed by atoms with Gasteiger partial charge in [-0.3, -0.25) is 0 Å². The van der Waals surface area contributed by atoms with Gasteiger partial charge >= 0.3 is 6.09 Å². The van der Waals surface area contributed by atoms with Crippen molar-refractivity contribution in [3.63, 3.8) is 0 Å². The number of fused-ring (bicyclic) bond motifs is 3. The SMILES string of the molecule is C[C@@H]1N(c2nc(-c3ccc4c(c3)CCC43COC(=O)N3)c3c(n2)C(F)(F)CC3)C[C@@]1(C)O. The summed E-state index contributed by atoms with van der Waals surface area (Å²) in [7, 11) is 0. The maximum Gasteiger partial charge on any atom is 0.408 e. The molecule has 2 saturated heterocycles. The van der Waals surface area contributed by atoms with Crippen molar-refractivity contribution in [3.05, 3.63) is 40.6 Å². The minimum atomic E-state index is -3.00. The van der Waals surface area contributed by atoms with Gasteiger partial charge in [-0.1, -0.05) is 12.1 Å². The van der Waals surface area contributed by atoms with E-state index in [2.05, 4.69) is 10.3 Å². The number of carbonyl (C=O) groups is 1. The quantitative estimate of drug-likeness (QED) is 0.744. The third-order valence-electron chi connectivity index (χ3n) is 7.65. The lowest BCUT2D eigenvalue weighted by molar-refractivity contribution is -0.0113. The lowest BCUT2D eigenvalue weighted by Crippen LogP contribution is -2.67. The highest BCUT2D eigenvalue weighted by molar-refractivity contribution is 5.73. The average Bonchev–Trinajstić information content (AvgIpc) is 3.41. The van der Waals surface area contributed by atoms with Crippen LogP contribution in [0.5, 0.6) is 0 Å². The smallest absolute Gasteiger partial charge is 0.408 e. The van der Waals surface area contributed by atoms with Gasteiger partial charge in [-0.15, -0.1) is 0 Å². The number of rotatable bonds is 2. The number of nitrogens with one attached hydrogen (secondary N) is 1. The second kappa shape index (κ2) is 6.15. The Morgan fingerprint density at radius 3 is 2.75 bits per heavy atom. The van der Waals surface area contributed by atoms with E-state index < -0.39 is 23.2 Å². The maximum atomic E-state index is 14.7. The van der Waals surface area contributed by atoms with E-state index in [-0.39, 0.29) is 30.5 Å². The molecule has 1 unspecified atom stereocenters. The van der Waals surface area contributed by atoms with Gasteiger partial charge in [0.05, 0.1) is 23.9 Å². The fourth-order valence-corrected chi connectivity index (χ4v) is 5.49. The fourth-order valence-electron chi connectivity index (χ4n) is 5.49. The Morgan fingerprint density at radius 1 is 1.25 bits per heavy atom. The molecular weight excluding hydrogens is 418 g/mol. The van der Waals surface area contributed by atoms with Crippen LogP contribution in [0.2, 0.25) is 0 Å². The lowest BCUT2D eigenvalue weighted by atomic mass is 9.87. The number of hydrogen-bond acceptors (Lipinski definition) is 6. The van der Waals surface area contributed by atoms with Gasteiger partial charge in [0.15, 0.2) is 0 Å². The van der Waals surface area contributed by atoms with Crippen LogP contribution in [-0.4, -0.2) is 46.0 Å². The number of anilines is 1. The van der Waals surface area contributed by atoms with E-state index >= 15 is 0 Å². The molecule has 1 aromatic heterocycles. The van der Waals surface area contributed by atoms with Gasteiger partial charge in [0.2, 0.25) is 5.95 Å². The Morgan fingerprint density at radius 2 is 2.06 bits per heavy atom. The van der Waals surface area contributed by atoms with Crippen molar-refractivity contribution in [2.75, 3.05) is 18.1 Å². The zero-order valence-corrected chi connectivity index (χ0v) is 17.9. The number of benzene rings is 1. The molecule has 9 heteroatoms. The summed E-state index contributed by atoms with van der Waals surface area (Å²) < 4.78 is 34.5. The van der Waals surface area contributed by atoms with E-state index in [0.29, 0.717) is 24.4 Å². The normalized spacial score (nSPS) is 31.8. The molecule has 1 spiro atoms. The Hall–Kier alpha value is -2.81. The van der Waals surface area contributed by atoms with Crippen molar-refractivity contribution in [3.8, 4) is 11.3 Å². The molecule has 3 atom stereocenters. The van der Waals surface area contributed by atoms with E-state index in [9.17, 15) is 18.7 Å². The van der Waals surface area contributed by atoms with E-state index in [0.717, 1.165) is 29.5 Å². The average molecular weight is 442 g/mol. The molecule has 0 bridgehead atoms. The summed E-state index contributed by atoms with van der Waals surface area (Å²) in [6.45, 7) is 4.15. The molecular formula is C23H24F2N4O3. The molecule has 1 amide bonds. The number of alkyl carbamates (subject to hydrolysis) is 1. The largest absolute Gasteiger partial charge is 0.447 e. The predicted molar refractivity (Wildman–Crippen MR) is 112 cm³/mol. The van der Waals surface area contributed by atoms with Gasteiger partial charge in [0.25, 0.3) is 5.92 Å². The maximum absolute atomic E-state index is 14.7. The number of hydrogen-bond donors (Lipinski definition) is 2. The second-order valence-corrected chi connectivity index (χ2v) is 9.72. The van der Waals surface area contributed by atoms with Gasteiger partial charge in [-0.2, -0.15) is 8.78 Å². The van der Waals surface area contributed by atoms with Gasteiger partial charge in [0.1, 0.15) is 17.8 Å². The number of aromatic nitrogens is 2. The molecule has 1 aromatic carbocycles. The number of carbonyl (C=O) groups excluding carboxylic acids is 1. The second-order valence-electron chi connectivity index (χ2n) is 9.72. The number of nitrogens with zero attached hydrogens (tertiary/aromatic N) is 3. The summed E-state index contributed by atoms with van der Waals surface area (Å²) in [5, 5.41) is 13.3. The molecule has 168 valence electrons. The van der Waals surface area contributed by atoms with Crippen molar-refractivity contribution in [1.82, 2.24) is 15.3 Å². The molecule has 0 saturated carbocycles. The molecule has 32 heavy (non-hydrogen) atoms. The highest BCUT2D eigenvalue weighted by atomic mass is 19.3. The first kappa shape index (κ1) is 19.8. The fraction of sp³-hybridized carbons (Fsp3) is 0.522. The van der Waals surface area contributed by atoms with Crippen LogP contribution in [0, 0.1) is 0 Å². The van der Waals surface area contributed by atoms with Crippen LogP contribution < -0.4 is 10.2 Å². The minimum Gasteiger partial charge on any atom is -0.447 e. The summed E-state index contributed by atoms with van der Waals surface area (Å²) in [5.41, 5.74) is 2.24. The number of alkyl halides is 2. The summed E-state index contributed by atoms with van der Waals surface area (Å²) in [4.78, 5) is 22.4. The third-order valence-corrected chi connectivity index (χ3v) is 7.65. The summed E-state index contributed by atoms with van der Waals surface area (Å²) in [5.74, 6) is -2.77. The molecule has 2 aliphatic heterocycles. The van der Waals surface area contributed by atoms with Crippen molar-refractivity contribution in [2.24, 2.45) is 0 Å². The Labute approximate surface area is 183 Å². The number of ether oxygens (including phenoxy) is 1. The number of β-amino-alcohol motifs (C(OH)–C–C–N with tert-alkyl or cyclic N) is 1. The highest BCUT2D eigenvalue weighted by Gasteiger charge is 2.49. The van der Waals surface area contributed by atoms with Crippen molar-refractivity contribution < 1.29 is 23.4 Å². The van der Waals surface area contributed by atoms with Crippen LogP contribution in [0.25, 0.3) is 11.3 Å². The first-order chi connectivity index (χ1) is 15.1. The van der Waals surface area contributed by atoms with E-state index in [1.807, 2.05) is 25.1 Å². The summed E-state index contributed by atoms with van der Waals surface area (Å²) >= 11 is 0. The number of aryl methyl sites for hydroxylation is 1. The van der Waals surface area contributed by atoms with E-state index in [1.54, 1.807) is 11.8 Å². The minimum absolute atomic E-state index is 0.204. The number of amides is 1. The summed E-state index contributed by atoms with van der Waals surface area (Å²) in [6.07, 6.45) is 1.02. The summed E-state index contributed by atoms with van der Waals surface area (Å²) in [6, 6.07) is 5.56. The van der Waals surface area contributed by atoms with Crippen molar-refractivity contribution in [1.29, 1.82) is 0 Å². The molecule has 2 aromatic rings. The van der Waals surface area contributed by atoms with Crippen LogP contribution >= 0.6 is 0 Å². The molecule has 2 fully saturated rings. The van der Waals surface area contributed by atoms with Crippen LogP contribution in [-0.2, 0) is 29.0 Å². The zero-order chi connectivity index (χ0) is 22.5. The Bertz CT molecular complexity index is 1170. The van der Waals surface area contributed by atoms with Gasteiger partial charge < -0.3 is 20.1 Å². The molecule has 0 radical (unpaired) electrons. The van der Waals surface area contributed by atoms with Crippen LogP contribution in [0.3, 0.4) is 0 Å². The monoisotopic (exact) mass is 442 g/mol. The molecule has 4 aliphatic rings. The third kappa shape index (κ3) is 2.63. The molecule has 2 aliphatic carbocycles.